The molecule has 17 heavy (non-hydrogen) atoms. The highest BCUT2D eigenvalue weighted by molar-refractivity contribution is 5.75. The molecule has 0 aliphatic carbocycles. The highest BCUT2D eigenvalue weighted by Crippen LogP contribution is 2.20. The highest BCUT2D eigenvalue weighted by Gasteiger charge is 2.15. The number of halogens is 4. The summed E-state index contributed by atoms with van der Waals surface area (Å²) in [4.78, 5) is 14.1. The molecule has 0 spiro atoms. The maximum atomic E-state index is 10.5. The molecule has 1 heterocycles. The zero-order chi connectivity index (χ0) is 9.30. The van der Waals surface area contributed by atoms with E-state index in [-0.39, 0.29) is 32.9 Å². The number of pyridine rings is 1. The number of hydrogen-bond donors (Lipinski definition) is 0. The molecule has 4 nitrogen and oxygen atoms in total. The molecule has 0 aliphatic rings. The van der Waals surface area contributed by atoms with Gasteiger partial charge in [-0.25, -0.2) is 0 Å². The Bertz CT molecular complexity index is 329. The molecule has 1 rings (SSSR count). The van der Waals surface area contributed by atoms with Gasteiger partial charge in [0, 0.05) is 19.7 Å². The summed E-state index contributed by atoms with van der Waals surface area (Å²) < 4.78 is 0. The van der Waals surface area contributed by atoms with Crippen LogP contribution in [-0.2, 0) is 0 Å². The molecule has 99 valence electrons. The number of aromatic nitrogens is 1. The normalized spacial score (nSPS) is 7.00. The molecule has 0 saturated heterocycles. The second-order valence-corrected chi connectivity index (χ2v) is 2.77. The standard InChI is InChI=1S/C8H10N2O2.B.4FH/c1-5-4-6(2)9-7(3)8(5)10(11)12;;;;;/h4H,1-3H3;;4*1H. The summed E-state index contributed by atoms with van der Waals surface area (Å²) in [7, 11) is 0. The third-order valence-corrected chi connectivity index (χ3v) is 1.67. The van der Waals surface area contributed by atoms with Crippen LogP contribution < -0.4 is 0 Å². The Hall–Kier alpha value is -1.67. The van der Waals surface area contributed by atoms with Crippen molar-refractivity contribution in [3.05, 3.63) is 33.1 Å². The van der Waals surface area contributed by atoms with Crippen LogP contribution in [0.2, 0.25) is 0 Å². The van der Waals surface area contributed by atoms with Crippen molar-refractivity contribution in [2.75, 3.05) is 0 Å². The van der Waals surface area contributed by atoms with Crippen molar-refractivity contribution in [1.29, 1.82) is 0 Å². The monoisotopic (exact) mass is 257 g/mol. The van der Waals surface area contributed by atoms with Gasteiger partial charge in [0.25, 0.3) is 5.69 Å². The molecule has 1 aromatic heterocycles. The van der Waals surface area contributed by atoms with Gasteiger partial charge in [0.1, 0.15) is 5.69 Å². The second kappa shape index (κ2) is 10.8. The molecule has 9 heteroatoms. The zero-order valence-electron chi connectivity index (χ0n) is 9.50. The third kappa shape index (κ3) is 6.49. The van der Waals surface area contributed by atoms with Crippen LogP contribution in [0.1, 0.15) is 17.0 Å². The lowest BCUT2D eigenvalue weighted by Crippen LogP contribution is -1.98. The minimum absolute atomic E-state index is 0. The summed E-state index contributed by atoms with van der Waals surface area (Å²) in [6, 6.07) is 1.71. The fourth-order valence-corrected chi connectivity index (χ4v) is 1.29. The molecular formula is C8H14BF4N2O2. The van der Waals surface area contributed by atoms with E-state index in [1.165, 1.54) is 0 Å². The largest absolute Gasteiger partial charge is 0.293 e. The van der Waals surface area contributed by atoms with E-state index in [2.05, 4.69) is 4.98 Å². The second-order valence-electron chi connectivity index (χ2n) is 2.77. The van der Waals surface area contributed by atoms with E-state index in [1.54, 1.807) is 19.9 Å². The van der Waals surface area contributed by atoms with Crippen molar-refractivity contribution in [1.82, 2.24) is 4.98 Å². The van der Waals surface area contributed by atoms with Crippen LogP contribution in [0.25, 0.3) is 0 Å². The van der Waals surface area contributed by atoms with E-state index in [1.807, 2.05) is 6.92 Å². The van der Waals surface area contributed by atoms with E-state index in [0.717, 1.165) is 5.69 Å². The average Bonchev–Trinajstić information content (AvgIpc) is 1.82. The molecule has 1 aromatic rings. The van der Waals surface area contributed by atoms with E-state index in [0.29, 0.717) is 11.3 Å². The quantitative estimate of drug-likeness (QED) is 0.335. The molecular weight excluding hydrogens is 243 g/mol. The van der Waals surface area contributed by atoms with Crippen LogP contribution in [0.3, 0.4) is 0 Å². The molecule has 0 aromatic carbocycles. The molecule has 3 radical (unpaired) electrons. The number of nitro groups is 1. The summed E-state index contributed by atoms with van der Waals surface area (Å²) >= 11 is 0. The van der Waals surface area contributed by atoms with E-state index in [9.17, 15) is 10.1 Å². The van der Waals surface area contributed by atoms with Crippen LogP contribution in [0.15, 0.2) is 6.07 Å². The first kappa shape index (κ1) is 29.5. The molecule has 0 aliphatic heterocycles. The first-order chi connectivity index (χ1) is 5.52. The third-order valence-electron chi connectivity index (χ3n) is 1.67. The van der Waals surface area contributed by atoms with Gasteiger partial charge < -0.3 is 0 Å². The van der Waals surface area contributed by atoms with Gasteiger partial charge in [0.05, 0.1) is 4.92 Å². The predicted molar refractivity (Wildman–Crippen MR) is 60.9 cm³/mol. The molecule has 0 fully saturated rings. The predicted octanol–water partition coefficient (Wildman–Crippen LogP) is 2.14. The molecule has 0 atom stereocenters. The lowest BCUT2D eigenvalue weighted by atomic mass is 10.2. The molecule has 0 amide bonds. The van der Waals surface area contributed by atoms with Gasteiger partial charge in [-0.1, -0.05) is 0 Å². The van der Waals surface area contributed by atoms with E-state index in [4.69, 9.17) is 0 Å². The Morgan fingerprint density at radius 3 is 1.82 bits per heavy atom. The van der Waals surface area contributed by atoms with Crippen molar-refractivity contribution >= 4 is 14.1 Å². The lowest BCUT2D eigenvalue weighted by Gasteiger charge is -2.00. The smallest absolute Gasteiger partial charge is 0.269 e. The Labute approximate surface area is 97.6 Å². The topological polar surface area (TPSA) is 56.0 Å². The minimum atomic E-state index is -0.392. The van der Waals surface area contributed by atoms with Crippen LogP contribution in [-0.4, -0.2) is 18.3 Å². The summed E-state index contributed by atoms with van der Waals surface area (Å²) in [5, 5.41) is 10.5. The van der Waals surface area contributed by atoms with Gasteiger partial charge in [-0.2, -0.15) is 0 Å². The summed E-state index contributed by atoms with van der Waals surface area (Å²) in [6.07, 6.45) is 0. The number of rotatable bonds is 1. The Balaban J connectivity index is -0.0000000960. The van der Waals surface area contributed by atoms with Gasteiger partial charge >= 0.3 is 0 Å². The Kier molecular flexibility index (Phi) is 18.8. The zero-order valence-corrected chi connectivity index (χ0v) is 9.50. The first-order valence-electron chi connectivity index (χ1n) is 3.61. The average molecular weight is 257 g/mol. The van der Waals surface area contributed by atoms with Crippen LogP contribution in [0.4, 0.5) is 24.5 Å². The van der Waals surface area contributed by atoms with Crippen LogP contribution >= 0.6 is 0 Å². The molecule has 0 bridgehead atoms. The first-order valence-corrected chi connectivity index (χ1v) is 3.61. The highest BCUT2D eigenvalue weighted by atomic mass is 19.0. The van der Waals surface area contributed by atoms with Gasteiger partial charge in [-0.3, -0.25) is 33.9 Å². The van der Waals surface area contributed by atoms with Gasteiger partial charge in [-0.15, -0.1) is 0 Å². The molecule has 0 saturated carbocycles. The summed E-state index contributed by atoms with van der Waals surface area (Å²) in [5.74, 6) is 0. The summed E-state index contributed by atoms with van der Waals surface area (Å²) in [6.45, 7) is 5.20. The molecule has 0 N–H and O–H groups in total. The number of nitrogens with zero attached hydrogens (tertiary/aromatic N) is 2. The maximum Gasteiger partial charge on any atom is 0.293 e. The Morgan fingerprint density at radius 1 is 1.12 bits per heavy atom. The van der Waals surface area contributed by atoms with Crippen molar-refractivity contribution in [2.45, 2.75) is 20.8 Å². The van der Waals surface area contributed by atoms with Crippen LogP contribution in [0.5, 0.6) is 0 Å². The fourth-order valence-electron chi connectivity index (χ4n) is 1.29. The number of aryl methyl sites for hydroxylation is 3. The summed E-state index contributed by atoms with van der Waals surface area (Å²) in [5.41, 5.74) is 2.10. The van der Waals surface area contributed by atoms with Crippen molar-refractivity contribution in [3.63, 3.8) is 0 Å². The fraction of sp³-hybridized carbons (Fsp3) is 0.375. The van der Waals surface area contributed by atoms with Crippen molar-refractivity contribution < 1.29 is 23.7 Å². The SMILES string of the molecule is Cc1cc(C)c([N+](=O)[O-])c(C)n1.F.F.F.F.[B]. The Morgan fingerprint density at radius 2 is 1.53 bits per heavy atom. The van der Waals surface area contributed by atoms with Gasteiger partial charge in [0.15, 0.2) is 0 Å². The number of hydrogen-bond acceptors (Lipinski definition) is 3. The van der Waals surface area contributed by atoms with Gasteiger partial charge in [-0.05, 0) is 26.8 Å². The molecule has 0 unspecified atom stereocenters. The maximum absolute atomic E-state index is 10.5. The minimum Gasteiger partial charge on any atom is -0.269 e. The van der Waals surface area contributed by atoms with E-state index >= 15 is 0 Å². The van der Waals surface area contributed by atoms with Crippen molar-refractivity contribution in [2.24, 2.45) is 0 Å². The van der Waals surface area contributed by atoms with Gasteiger partial charge in [0.2, 0.25) is 0 Å². The van der Waals surface area contributed by atoms with Crippen molar-refractivity contribution in [3.8, 4) is 0 Å². The van der Waals surface area contributed by atoms with E-state index < -0.39 is 4.92 Å². The lowest BCUT2D eigenvalue weighted by molar-refractivity contribution is -0.386. The van der Waals surface area contributed by atoms with Crippen LogP contribution in [0, 0.1) is 30.9 Å².